The van der Waals surface area contributed by atoms with Crippen molar-refractivity contribution in [3.05, 3.63) is 29.8 Å². The molecule has 1 aliphatic heterocycles. The van der Waals surface area contributed by atoms with E-state index in [2.05, 4.69) is 54.8 Å². The number of sulfone groups is 1. The third-order valence-corrected chi connectivity index (χ3v) is 8.06. The van der Waals surface area contributed by atoms with Gasteiger partial charge in [0.05, 0.1) is 5.75 Å². The van der Waals surface area contributed by atoms with Gasteiger partial charge in [-0.15, -0.1) is 0 Å². The molecule has 0 atom stereocenters. The van der Waals surface area contributed by atoms with Gasteiger partial charge in [-0.2, -0.15) is 0 Å². The van der Waals surface area contributed by atoms with Crippen molar-refractivity contribution in [1.82, 2.24) is 4.90 Å². The van der Waals surface area contributed by atoms with Crippen molar-refractivity contribution >= 4 is 15.5 Å². The molecule has 29 heavy (non-hydrogen) atoms. The van der Waals surface area contributed by atoms with Gasteiger partial charge in [0.25, 0.3) is 0 Å². The minimum Gasteiger partial charge on any atom is -0.369 e. The van der Waals surface area contributed by atoms with Gasteiger partial charge in [0.2, 0.25) is 0 Å². The molecule has 0 bridgehead atoms. The van der Waals surface area contributed by atoms with Gasteiger partial charge >= 0.3 is 0 Å². The van der Waals surface area contributed by atoms with E-state index in [4.69, 9.17) is 0 Å². The summed E-state index contributed by atoms with van der Waals surface area (Å²) in [7, 11) is -2.85. The van der Waals surface area contributed by atoms with Gasteiger partial charge in [-0.1, -0.05) is 39.0 Å². The molecule has 1 aliphatic carbocycles. The highest BCUT2D eigenvalue weighted by molar-refractivity contribution is 7.90. The van der Waals surface area contributed by atoms with E-state index in [1.807, 2.05) is 0 Å². The van der Waals surface area contributed by atoms with Crippen LogP contribution < -0.4 is 4.90 Å². The van der Waals surface area contributed by atoms with Gasteiger partial charge in [0.15, 0.2) is 0 Å². The first-order valence-electron chi connectivity index (χ1n) is 11.4. The van der Waals surface area contributed by atoms with E-state index in [-0.39, 0.29) is 0 Å². The molecule has 4 nitrogen and oxygen atoms in total. The number of piperazine rings is 1. The van der Waals surface area contributed by atoms with Gasteiger partial charge < -0.3 is 4.90 Å². The summed E-state index contributed by atoms with van der Waals surface area (Å²) in [5, 5.41) is 0. The van der Waals surface area contributed by atoms with Crippen LogP contribution in [0.1, 0.15) is 64.4 Å². The molecule has 3 rings (SSSR count). The molecule has 1 heterocycles. The third-order valence-electron chi connectivity index (χ3n) is 7.03. The van der Waals surface area contributed by atoms with Crippen molar-refractivity contribution in [3.63, 3.8) is 0 Å². The quantitative estimate of drug-likeness (QED) is 0.676. The lowest BCUT2D eigenvalue weighted by atomic mass is 9.68. The first kappa shape index (κ1) is 22.6. The summed E-state index contributed by atoms with van der Waals surface area (Å²) in [6.45, 7) is 12.2. The van der Waals surface area contributed by atoms with Crippen LogP contribution in [0.5, 0.6) is 0 Å². The zero-order chi connectivity index (χ0) is 21.1. The Morgan fingerprint density at radius 2 is 1.59 bits per heavy atom. The number of hydrogen-bond acceptors (Lipinski definition) is 4. The van der Waals surface area contributed by atoms with Crippen LogP contribution >= 0.6 is 0 Å². The highest BCUT2D eigenvalue weighted by Gasteiger charge is 2.31. The highest BCUT2D eigenvalue weighted by Crippen LogP contribution is 2.45. The lowest BCUT2D eigenvalue weighted by molar-refractivity contribution is 0.169. The van der Waals surface area contributed by atoms with Gasteiger partial charge in [0.1, 0.15) is 9.84 Å². The Kier molecular flexibility index (Phi) is 7.32. The normalized spacial score (nSPS) is 24.6. The van der Waals surface area contributed by atoms with E-state index in [9.17, 15) is 8.42 Å². The van der Waals surface area contributed by atoms with Crippen molar-refractivity contribution < 1.29 is 8.42 Å². The summed E-state index contributed by atoms with van der Waals surface area (Å²) < 4.78 is 22.7. The predicted octanol–water partition coefficient (Wildman–Crippen LogP) is 4.56. The van der Waals surface area contributed by atoms with Gasteiger partial charge in [-0.05, 0) is 67.5 Å². The summed E-state index contributed by atoms with van der Waals surface area (Å²) in [5.74, 6) is 1.84. The maximum Gasteiger partial charge on any atom is 0.147 e. The van der Waals surface area contributed by atoms with Crippen LogP contribution in [0.3, 0.4) is 0 Å². The predicted molar refractivity (Wildman–Crippen MR) is 124 cm³/mol. The highest BCUT2D eigenvalue weighted by atomic mass is 32.2. The van der Waals surface area contributed by atoms with Gasteiger partial charge in [0, 0.05) is 38.1 Å². The van der Waals surface area contributed by atoms with Gasteiger partial charge in [-0.3, -0.25) is 4.90 Å². The Labute approximate surface area is 178 Å². The van der Waals surface area contributed by atoms with Crippen molar-refractivity contribution in [2.75, 3.05) is 49.6 Å². The summed E-state index contributed by atoms with van der Waals surface area (Å²) in [6, 6.07) is 9.05. The fourth-order valence-electron chi connectivity index (χ4n) is 5.15. The number of benzene rings is 1. The average Bonchev–Trinajstić information content (AvgIpc) is 2.67. The topological polar surface area (TPSA) is 40.6 Å². The van der Waals surface area contributed by atoms with Crippen molar-refractivity contribution in [2.24, 2.45) is 11.3 Å². The van der Waals surface area contributed by atoms with E-state index in [1.54, 1.807) is 5.56 Å². The van der Waals surface area contributed by atoms with Crippen molar-refractivity contribution in [1.29, 1.82) is 0 Å². The number of anilines is 1. The molecule has 164 valence electrons. The van der Waals surface area contributed by atoms with Crippen molar-refractivity contribution in [3.8, 4) is 0 Å². The molecule has 0 aromatic heterocycles. The maximum atomic E-state index is 11.3. The first-order chi connectivity index (χ1) is 13.6. The third kappa shape index (κ3) is 6.45. The minimum atomic E-state index is -2.85. The molecule has 0 N–H and O–H groups in total. The van der Waals surface area contributed by atoms with Crippen LogP contribution in [0, 0.1) is 11.3 Å². The summed E-state index contributed by atoms with van der Waals surface area (Å²) in [5.41, 5.74) is 3.41. The van der Waals surface area contributed by atoms with Crippen LogP contribution in [0.15, 0.2) is 24.3 Å². The molecule has 5 heteroatoms. The second kappa shape index (κ2) is 9.38. The van der Waals surface area contributed by atoms with Crippen LogP contribution in [-0.2, 0) is 9.84 Å². The maximum absolute atomic E-state index is 11.3. The first-order valence-corrected chi connectivity index (χ1v) is 13.4. The van der Waals surface area contributed by atoms with E-state index in [1.165, 1.54) is 37.6 Å². The molecule has 2 aliphatic rings. The smallest absolute Gasteiger partial charge is 0.147 e. The molecule has 1 aromatic carbocycles. The van der Waals surface area contributed by atoms with E-state index in [0.717, 1.165) is 45.1 Å². The summed E-state index contributed by atoms with van der Waals surface area (Å²) in [6.07, 6.45) is 7.38. The number of hydrogen-bond donors (Lipinski definition) is 0. The molecule has 0 unspecified atom stereocenters. The molecular formula is C24H40N2O2S. The van der Waals surface area contributed by atoms with Crippen LogP contribution in [0.25, 0.3) is 0 Å². The largest absolute Gasteiger partial charge is 0.369 e. The Hall–Kier alpha value is -1.07. The summed E-state index contributed by atoms with van der Waals surface area (Å²) >= 11 is 0. The molecular weight excluding hydrogens is 380 g/mol. The van der Waals surface area contributed by atoms with Gasteiger partial charge in [-0.25, -0.2) is 8.42 Å². The molecule has 0 radical (unpaired) electrons. The Bertz CT molecular complexity index is 753. The van der Waals surface area contributed by atoms with E-state index >= 15 is 0 Å². The number of rotatable bonds is 6. The molecule has 2 fully saturated rings. The lowest BCUT2D eigenvalue weighted by Crippen LogP contribution is -2.47. The monoisotopic (exact) mass is 420 g/mol. The lowest BCUT2D eigenvalue weighted by Gasteiger charge is -2.40. The Balaban J connectivity index is 1.56. The van der Waals surface area contributed by atoms with E-state index in [0.29, 0.717) is 17.1 Å². The molecule has 0 amide bonds. The SMILES string of the molecule is CC(C)(C)C1CCC(c2ccccc2N2CCN(CCCS(C)(=O)=O)CC2)CC1. The molecule has 1 saturated heterocycles. The van der Waals surface area contributed by atoms with Crippen LogP contribution in [0.2, 0.25) is 0 Å². The Morgan fingerprint density at radius 1 is 0.966 bits per heavy atom. The fraction of sp³-hybridized carbons (Fsp3) is 0.750. The average molecular weight is 421 g/mol. The number of nitrogens with zero attached hydrogens (tertiary/aromatic N) is 2. The molecule has 0 spiro atoms. The zero-order valence-electron chi connectivity index (χ0n) is 18.9. The second-order valence-corrected chi connectivity index (χ2v) is 12.5. The second-order valence-electron chi connectivity index (χ2n) is 10.3. The van der Waals surface area contributed by atoms with Crippen LogP contribution in [-0.4, -0.2) is 58.1 Å². The van der Waals surface area contributed by atoms with Crippen molar-refractivity contribution in [2.45, 2.75) is 58.8 Å². The summed E-state index contributed by atoms with van der Waals surface area (Å²) in [4.78, 5) is 4.97. The fourth-order valence-corrected chi connectivity index (χ4v) is 5.81. The molecule has 1 saturated carbocycles. The Morgan fingerprint density at radius 3 is 2.17 bits per heavy atom. The van der Waals surface area contributed by atoms with Crippen LogP contribution in [0.4, 0.5) is 5.69 Å². The number of para-hydroxylation sites is 1. The standard InChI is InChI=1S/C24H40N2O2S/c1-24(2,3)21-12-10-20(11-13-21)22-8-5-6-9-23(22)26-17-15-25(16-18-26)14-7-19-29(4,27)28/h5-6,8-9,20-21H,7,10-19H2,1-4H3. The minimum absolute atomic E-state index is 0.299. The zero-order valence-corrected chi connectivity index (χ0v) is 19.7. The molecule has 1 aromatic rings. The van der Waals surface area contributed by atoms with E-state index < -0.39 is 9.84 Å².